The van der Waals surface area contributed by atoms with E-state index in [1.165, 1.54) is 55.5 Å². The number of anilines is 2. The van der Waals surface area contributed by atoms with Gasteiger partial charge in [0.05, 0.1) is 24.8 Å². The van der Waals surface area contributed by atoms with Gasteiger partial charge >= 0.3 is 0 Å². The minimum atomic E-state index is -4.11. The summed E-state index contributed by atoms with van der Waals surface area (Å²) in [5.74, 6) is 0.116. The second-order valence-corrected chi connectivity index (χ2v) is 11.6. The quantitative estimate of drug-likeness (QED) is 0.324. The van der Waals surface area contributed by atoms with Crippen molar-refractivity contribution in [1.29, 1.82) is 0 Å². The molecule has 0 fully saturated rings. The van der Waals surface area contributed by atoms with Crippen LogP contribution < -0.4 is 19.1 Å². The van der Waals surface area contributed by atoms with E-state index in [0.29, 0.717) is 15.3 Å². The summed E-state index contributed by atoms with van der Waals surface area (Å²) < 4.78 is 39.4. The number of carbonyl (C=O) groups is 1. The Hall–Kier alpha value is -2.83. The van der Waals surface area contributed by atoms with Crippen molar-refractivity contribution in [1.82, 2.24) is 10.2 Å². The predicted molar refractivity (Wildman–Crippen MR) is 130 cm³/mol. The number of aromatic nitrogens is 2. The molecule has 3 rings (SSSR count). The maximum Gasteiger partial charge on any atom is 0.264 e. The zero-order chi connectivity index (χ0) is 24.0. The molecular formula is C21H24N4O5S3. The Kier molecular flexibility index (Phi) is 8.16. The second kappa shape index (κ2) is 10.9. The van der Waals surface area contributed by atoms with Crippen LogP contribution in [0.15, 0.2) is 57.8 Å². The minimum absolute atomic E-state index is 0.0363. The summed E-state index contributed by atoms with van der Waals surface area (Å²) in [6.07, 6.45) is 0. The number of sulfonamides is 1. The first-order valence-electron chi connectivity index (χ1n) is 9.84. The lowest BCUT2D eigenvalue weighted by molar-refractivity contribution is -0.114. The van der Waals surface area contributed by atoms with E-state index in [1.54, 1.807) is 30.3 Å². The van der Waals surface area contributed by atoms with E-state index in [2.05, 4.69) is 15.5 Å². The molecule has 1 aromatic heterocycles. The molecule has 0 atom stereocenters. The maximum atomic E-state index is 13.5. The topological polar surface area (TPSA) is 111 Å². The maximum absolute atomic E-state index is 13.5. The van der Waals surface area contributed by atoms with Crippen molar-refractivity contribution in [2.24, 2.45) is 0 Å². The Balaban J connectivity index is 1.96. The summed E-state index contributed by atoms with van der Waals surface area (Å²) >= 11 is 2.75. The van der Waals surface area contributed by atoms with Crippen LogP contribution >= 0.6 is 23.1 Å². The van der Waals surface area contributed by atoms with Gasteiger partial charge in [-0.25, -0.2) is 8.42 Å². The Morgan fingerprint density at radius 2 is 1.85 bits per heavy atom. The summed E-state index contributed by atoms with van der Waals surface area (Å²) in [6, 6.07) is 12.6. The van der Waals surface area contributed by atoms with Gasteiger partial charge in [0.2, 0.25) is 11.0 Å². The van der Waals surface area contributed by atoms with Gasteiger partial charge in [0.15, 0.2) is 4.34 Å². The zero-order valence-corrected chi connectivity index (χ0v) is 21.0. The van der Waals surface area contributed by atoms with Gasteiger partial charge in [-0.15, -0.1) is 10.2 Å². The normalized spacial score (nSPS) is 11.3. The standard InChI is InChI=1S/C21H24N4O5S3/c1-14(2)31-21-24-23-20(32-21)22-19(26)13-25(33(27,28)16-8-6-5-7-9-16)17-12-15(29-3)10-11-18(17)30-4/h5-12,14H,13H2,1-4H3,(H,22,23,26). The van der Waals surface area contributed by atoms with E-state index in [4.69, 9.17) is 9.47 Å². The number of nitrogens with one attached hydrogen (secondary N) is 1. The lowest BCUT2D eigenvalue weighted by Gasteiger charge is -2.25. The first-order valence-corrected chi connectivity index (χ1v) is 13.0. The number of carbonyl (C=O) groups excluding carboxylic acids is 1. The van der Waals surface area contributed by atoms with Crippen LogP contribution in [0, 0.1) is 0 Å². The molecule has 2 aromatic carbocycles. The average molecular weight is 509 g/mol. The van der Waals surface area contributed by atoms with Crippen molar-refractivity contribution in [3.8, 4) is 11.5 Å². The largest absolute Gasteiger partial charge is 0.497 e. The van der Waals surface area contributed by atoms with Gasteiger partial charge in [-0.2, -0.15) is 0 Å². The number of ether oxygens (including phenoxy) is 2. The highest BCUT2D eigenvalue weighted by molar-refractivity contribution is 8.01. The lowest BCUT2D eigenvalue weighted by atomic mass is 10.2. The molecule has 0 bridgehead atoms. The summed E-state index contributed by atoms with van der Waals surface area (Å²) in [4.78, 5) is 12.9. The summed E-state index contributed by atoms with van der Waals surface area (Å²) in [5.41, 5.74) is 0.171. The van der Waals surface area contributed by atoms with Crippen LogP contribution in [0.1, 0.15) is 13.8 Å². The molecule has 0 radical (unpaired) electrons. The molecule has 0 saturated heterocycles. The lowest BCUT2D eigenvalue weighted by Crippen LogP contribution is -2.38. The summed E-state index contributed by atoms with van der Waals surface area (Å²) in [7, 11) is -1.22. The number of thioether (sulfide) groups is 1. The third-order valence-corrected chi connectivity index (χ3v) is 7.96. The number of rotatable bonds is 10. The van der Waals surface area contributed by atoms with Crippen molar-refractivity contribution < 1.29 is 22.7 Å². The fourth-order valence-corrected chi connectivity index (χ4v) is 6.25. The fourth-order valence-electron chi connectivity index (χ4n) is 2.81. The van der Waals surface area contributed by atoms with E-state index >= 15 is 0 Å². The molecule has 0 saturated carbocycles. The van der Waals surface area contributed by atoms with E-state index in [1.807, 2.05) is 13.8 Å². The molecule has 33 heavy (non-hydrogen) atoms. The molecule has 9 nitrogen and oxygen atoms in total. The molecular weight excluding hydrogens is 484 g/mol. The van der Waals surface area contributed by atoms with Crippen LogP contribution in [0.4, 0.5) is 10.8 Å². The third kappa shape index (κ3) is 6.15. The van der Waals surface area contributed by atoms with Gasteiger partial charge in [0, 0.05) is 11.3 Å². The highest BCUT2D eigenvalue weighted by atomic mass is 32.2. The Bertz CT molecular complexity index is 1200. The second-order valence-electron chi connectivity index (χ2n) is 6.95. The van der Waals surface area contributed by atoms with Crippen LogP contribution in [0.3, 0.4) is 0 Å². The molecule has 0 aliphatic carbocycles. The Labute approximate surface area is 201 Å². The summed E-state index contributed by atoms with van der Waals surface area (Å²) in [6.45, 7) is 3.54. The molecule has 1 N–H and O–H groups in total. The zero-order valence-electron chi connectivity index (χ0n) is 18.5. The van der Waals surface area contributed by atoms with Gasteiger partial charge in [-0.05, 0) is 24.3 Å². The molecule has 1 amide bonds. The Morgan fingerprint density at radius 1 is 1.12 bits per heavy atom. The highest BCUT2D eigenvalue weighted by Gasteiger charge is 2.30. The minimum Gasteiger partial charge on any atom is -0.497 e. The van der Waals surface area contributed by atoms with E-state index in [-0.39, 0.29) is 21.5 Å². The number of hydrogen-bond acceptors (Lipinski definition) is 9. The smallest absolute Gasteiger partial charge is 0.264 e. The molecule has 0 aliphatic rings. The van der Waals surface area contributed by atoms with Gasteiger partial charge in [0.25, 0.3) is 10.0 Å². The molecule has 0 unspecified atom stereocenters. The van der Waals surface area contributed by atoms with E-state index < -0.39 is 22.5 Å². The van der Waals surface area contributed by atoms with Crippen molar-refractivity contribution in [2.45, 2.75) is 28.3 Å². The van der Waals surface area contributed by atoms with Gasteiger partial charge in [-0.1, -0.05) is 55.1 Å². The molecule has 0 spiro atoms. The number of methoxy groups -OCH3 is 2. The van der Waals surface area contributed by atoms with Gasteiger partial charge in [0.1, 0.15) is 18.0 Å². The van der Waals surface area contributed by atoms with Gasteiger partial charge < -0.3 is 9.47 Å². The SMILES string of the molecule is COc1ccc(OC)c(N(CC(=O)Nc2nnc(SC(C)C)s2)S(=O)(=O)c2ccccc2)c1. The van der Waals surface area contributed by atoms with Crippen LogP contribution in [0.25, 0.3) is 0 Å². The van der Waals surface area contributed by atoms with Crippen molar-refractivity contribution in [3.63, 3.8) is 0 Å². The fraction of sp³-hybridized carbons (Fsp3) is 0.286. The molecule has 3 aromatic rings. The average Bonchev–Trinajstić information content (AvgIpc) is 3.23. The first kappa shape index (κ1) is 24.8. The van der Waals surface area contributed by atoms with E-state index in [0.717, 1.165) is 4.31 Å². The predicted octanol–water partition coefficient (Wildman–Crippen LogP) is 3.89. The van der Waals surface area contributed by atoms with Crippen LogP contribution in [-0.4, -0.2) is 50.5 Å². The third-order valence-electron chi connectivity index (χ3n) is 4.26. The highest BCUT2D eigenvalue weighted by Crippen LogP contribution is 2.36. The molecule has 12 heteroatoms. The van der Waals surface area contributed by atoms with E-state index in [9.17, 15) is 13.2 Å². The van der Waals surface area contributed by atoms with Crippen LogP contribution in [-0.2, 0) is 14.8 Å². The number of amides is 1. The number of hydrogen-bond donors (Lipinski definition) is 1. The summed E-state index contributed by atoms with van der Waals surface area (Å²) in [5, 5.41) is 11.3. The van der Waals surface area contributed by atoms with Crippen molar-refractivity contribution >= 4 is 49.8 Å². The molecule has 0 aliphatic heterocycles. The van der Waals surface area contributed by atoms with Crippen LogP contribution in [0.2, 0.25) is 0 Å². The monoisotopic (exact) mass is 508 g/mol. The van der Waals surface area contributed by atoms with Crippen molar-refractivity contribution in [2.75, 3.05) is 30.4 Å². The van der Waals surface area contributed by atoms with Crippen LogP contribution in [0.5, 0.6) is 11.5 Å². The first-order chi connectivity index (χ1) is 15.7. The number of nitrogens with zero attached hydrogens (tertiary/aromatic N) is 3. The van der Waals surface area contributed by atoms with Gasteiger partial charge in [-0.3, -0.25) is 14.4 Å². The molecule has 1 heterocycles. The Morgan fingerprint density at radius 3 is 2.48 bits per heavy atom. The molecule has 176 valence electrons. The van der Waals surface area contributed by atoms with Crippen molar-refractivity contribution in [3.05, 3.63) is 48.5 Å². The number of benzene rings is 2.